The highest BCUT2D eigenvalue weighted by Gasteiger charge is 2.24. The predicted molar refractivity (Wildman–Crippen MR) is 115 cm³/mol. The zero-order chi connectivity index (χ0) is 19.5. The van der Waals surface area contributed by atoms with Gasteiger partial charge in [-0.2, -0.15) is 0 Å². The van der Waals surface area contributed by atoms with E-state index in [2.05, 4.69) is 18.0 Å². The smallest absolute Gasteiger partial charge is 0.189 e. The van der Waals surface area contributed by atoms with E-state index < -0.39 is 5.25 Å². The van der Waals surface area contributed by atoms with Crippen molar-refractivity contribution in [3.05, 3.63) is 101 Å². The highest BCUT2D eigenvalue weighted by molar-refractivity contribution is 8.00. The molecule has 0 radical (unpaired) electrons. The Morgan fingerprint density at radius 3 is 2.25 bits per heavy atom. The molecular formula is C24H20N2OS. The molecule has 0 bridgehead atoms. The van der Waals surface area contributed by atoms with Gasteiger partial charge in [-0.3, -0.25) is 4.79 Å². The molecule has 4 aromatic rings. The Balaban J connectivity index is 1.75. The van der Waals surface area contributed by atoms with E-state index in [9.17, 15) is 4.79 Å². The van der Waals surface area contributed by atoms with Crippen LogP contribution in [-0.2, 0) is 0 Å². The number of thioether (sulfide) groups is 1. The zero-order valence-corrected chi connectivity index (χ0v) is 16.6. The zero-order valence-electron chi connectivity index (χ0n) is 15.8. The van der Waals surface area contributed by atoms with Gasteiger partial charge in [0.2, 0.25) is 0 Å². The first-order valence-corrected chi connectivity index (χ1v) is 10.1. The molecule has 0 aliphatic rings. The van der Waals surface area contributed by atoms with Crippen LogP contribution in [0.3, 0.4) is 0 Å². The molecule has 0 saturated carbocycles. The van der Waals surface area contributed by atoms with Gasteiger partial charge in [0.1, 0.15) is 5.25 Å². The average Bonchev–Trinajstić information content (AvgIpc) is 2.73. The van der Waals surface area contributed by atoms with Crippen LogP contribution in [0, 0.1) is 13.8 Å². The minimum Gasteiger partial charge on any atom is -0.293 e. The van der Waals surface area contributed by atoms with Crippen molar-refractivity contribution in [2.45, 2.75) is 24.3 Å². The quantitative estimate of drug-likeness (QED) is 0.242. The molecule has 3 nitrogen and oxygen atoms in total. The number of benzene rings is 3. The number of hydrogen-bond acceptors (Lipinski definition) is 4. The summed E-state index contributed by atoms with van der Waals surface area (Å²) >= 11 is 1.41. The molecule has 0 aliphatic heterocycles. The molecule has 0 amide bonds. The minimum atomic E-state index is -0.397. The fraction of sp³-hybridized carbons (Fsp3) is 0.125. The number of aromatic nitrogens is 2. The summed E-state index contributed by atoms with van der Waals surface area (Å²) in [6, 6.07) is 25.4. The Hall–Kier alpha value is -2.98. The van der Waals surface area contributed by atoms with Gasteiger partial charge in [-0.1, -0.05) is 84.1 Å². The van der Waals surface area contributed by atoms with Crippen LogP contribution in [0.2, 0.25) is 0 Å². The van der Waals surface area contributed by atoms with Crippen molar-refractivity contribution >= 4 is 28.4 Å². The molecule has 138 valence electrons. The van der Waals surface area contributed by atoms with Crippen LogP contribution in [0.4, 0.5) is 0 Å². The van der Waals surface area contributed by atoms with Gasteiger partial charge in [0, 0.05) is 16.6 Å². The van der Waals surface area contributed by atoms with Gasteiger partial charge in [0.25, 0.3) is 0 Å². The van der Waals surface area contributed by atoms with Gasteiger partial charge in [-0.05, 0) is 31.5 Å². The normalized spacial score (nSPS) is 12.1. The monoisotopic (exact) mass is 384 g/mol. The first-order valence-electron chi connectivity index (χ1n) is 9.18. The maximum atomic E-state index is 13.3. The topological polar surface area (TPSA) is 42.9 Å². The van der Waals surface area contributed by atoms with Gasteiger partial charge in [-0.25, -0.2) is 9.97 Å². The summed E-state index contributed by atoms with van der Waals surface area (Å²) in [7, 11) is 0. The maximum absolute atomic E-state index is 13.3. The molecule has 0 spiro atoms. The molecule has 0 N–H and O–H groups in total. The lowest BCUT2D eigenvalue weighted by Crippen LogP contribution is -2.11. The first kappa shape index (κ1) is 18.4. The molecule has 28 heavy (non-hydrogen) atoms. The van der Waals surface area contributed by atoms with Crippen molar-refractivity contribution in [1.82, 2.24) is 9.97 Å². The van der Waals surface area contributed by atoms with E-state index in [1.165, 1.54) is 17.3 Å². The summed E-state index contributed by atoms with van der Waals surface area (Å²) in [6.07, 6.45) is 0. The molecule has 4 rings (SSSR count). The second-order valence-electron chi connectivity index (χ2n) is 6.75. The maximum Gasteiger partial charge on any atom is 0.189 e. The van der Waals surface area contributed by atoms with Crippen LogP contribution in [0.1, 0.15) is 32.4 Å². The van der Waals surface area contributed by atoms with Crippen LogP contribution < -0.4 is 0 Å². The Morgan fingerprint density at radius 1 is 0.857 bits per heavy atom. The molecule has 1 heterocycles. The fourth-order valence-corrected chi connectivity index (χ4v) is 4.27. The van der Waals surface area contributed by atoms with E-state index in [0.717, 1.165) is 22.2 Å². The minimum absolute atomic E-state index is 0.0575. The lowest BCUT2D eigenvalue weighted by Gasteiger charge is -2.16. The van der Waals surface area contributed by atoms with Crippen molar-refractivity contribution in [3.8, 4) is 0 Å². The predicted octanol–water partition coefficient (Wildman–Crippen LogP) is 5.96. The number of fused-ring (bicyclic) bond motifs is 1. The number of carbonyl (C=O) groups is 1. The van der Waals surface area contributed by atoms with Crippen molar-refractivity contribution in [3.63, 3.8) is 0 Å². The molecule has 1 aromatic heterocycles. The summed E-state index contributed by atoms with van der Waals surface area (Å²) in [5.74, 6) is 0.0575. The third-order valence-electron chi connectivity index (χ3n) is 4.64. The fourth-order valence-electron chi connectivity index (χ4n) is 3.18. The number of hydrogen-bond donors (Lipinski definition) is 0. The summed E-state index contributed by atoms with van der Waals surface area (Å²) < 4.78 is 0. The summed E-state index contributed by atoms with van der Waals surface area (Å²) in [5.41, 5.74) is 4.65. The number of aryl methyl sites for hydroxylation is 2. The van der Waals surface area contributed by atoms with Crippen molar-refractivity contribution in [1.29, 1.82) is 0 Å². The Bertz CT molecular complexity index is 1130. The third kappa shape index (κ3) is 3.82. The highest BCUT2D eigenvalue weighted by atomic mass is 32.2. The van der Waals surface area contributed by atoms with Crippen LogP contribution in [0.5, 0.6) is 0 Å². The van der Waals surface area contributed by atoms with Crippen LogP contribution in [0.15, 0.2) is 84.0 Å². The standard InChI is InChI=1S/C24H20N2OS/c1-16-13-14-21-20(15-16)17(2)25-24(26-21)28-23(19-11-7-4-8-12-19)22(27)18-9-5-3-6-10-18/h3-15,23H,1-2H3/t23-/m0/s1. The third-order valence-corrected chi connectivity index (χ3v) is 5.76. The van der Waals surface area contributed by atoms with Crippen LogP contribution in [-0.4, -0.2) is 15.8 Å². The van der Waals surface area contributed by atoms with Gasteiger partial charge in [0.15, 0.2) is 10.9 Å². The number of nitrogens with zero attached hydrogens (tertiary/aromatic N) is 2. The van der Waals surface area contributed by atoms with Crippen molar-refractivity contribution < 1.29 is 4.79 Å². The molecule has 1 atom stereocenters. The second kappa shape index (κ2) is 7.95. The van der Waals surface area contributed by atoms with Gasteiger partial charge in [0.05, 0.1) is 5.52 Å². The summed E-state index contributed by atoms with van der Waals surface area (Å²) in [6.45, 7) is 4.05. The van der Waals surface area contributed by atoms with E-state index >= 15 is 0 Å². The van der Waals surface area contributed by atoms with Crippen LogP contribution in [0.25, 0.3) is 10.9 Å². The molecule has 0 aliphatic carbocycles. The molecule has 0 saturated heterocycles. The van der Waals surface area contributed by atoms with Gasteiger partial charge in [-0.15, -0.1) is 0 Å². The number of rotatable bonds is 5. The Kier molecular flexibility index (Phi) is 5.22. The molecule has 4 heteroatoms. The lowest BCUT2D eigenvalue weighted by atomic mass is 10.0. The van der Waals surface area contributed by atoms with Crippen LogP contribution >= 0.6 is 11.8 Å². The first-order chi connectivity index (χ1) is 13.6. The van der Waals surface area contributed by atoms with E-state index in [1.807, 2.05) is 79.7 Å². The second-order valence-corrected chi connectivity index (χ2v) is 7.82. The van der Waals surface area contributed by atoms with E-state index in [1.54, 1.807) is 0 Å². The number of Topliss-reactive ketones (excluding diaryl/α,β-unsaturated/α-hetero) is 1. The molecule has 0 unspecified atom stereocenters. The van der Waals surface area contributed by atoms with Crippen molar-refractivity contribution in [2.75, 3.05) is 0 Å². The Morgan fingerprint density at radius 2 is 1.54 bits per heavy atom. The van der Waals surface area contributed by atoms with Gasteiger partial charge < -0.3 is 0 Å². The largest absolute Gasteiger partial charge is 0.293 e. The average molecular weight is 385 g/mol. The summed E-state index contributed by atoms with van der Waals surface area (Å²) in [4.78, 5) is 22.7. The van der Waals surface area contributed by atoms with Crippen molar-refractivity contribution in [2.24, 2.45) is 0 Å². The highest BCUT2D eigenvalue weighted by Crippen LogP contribution is 2.37. The van der Waals surface area contributed by atoms with E-state index in [-0.39, 0.29) is 5.78 Å². The Labute approximate surface area is 168 Å². The van der Waals surface area contributed by atoms with E-state index in [0.29, 0.717) is 10.7 Å². The lowest BCUT2D eigenvalue weighted by molar-refractivity contribution is 0.0989. The molecule has 3 aromatic carbocycles. The molecular weight excluding hydrogens is 364 g/mol. The SMILES string of the molecule is Cc1ccc2nc(S[C@H](C(=O)c3ccccc3)c3ccccc3)nc(C)c2c1. The summed E-state index contributed by atoms with van der Waals surface area (Å²) in [5, 5.41) is 1.27. The van der Waals surface area contributed by atoms with Gasteiger partial charge >= 0.3 is 0 Å². The number of carbonyl (C=O) groups excluding carboxylic acids is 1. The number of ketones is 1. The van der Waals surface area contributed by atoms with E-state index in [4.69, 9.17) is 4.98 Å². The molecule has 0 fully saturated rings.